The molecule has 0 amide bonds. The van der Waals surface area contributed by atoms with Crippen LogP contribution >= 0.6 is 11.6 Å². The van der Waals surface area contributed by atoms with E-state index in [1.165, 1.54) is 18.2 Å². The van der Waals surface area contributed by atoms with Gasteiger partial charge in [0.2, 0.25) is 5.92 Å². The van der Waals surface area contributed by atoms with Crippen molar-refractivity contribution in [3.8, 4) is 0 Å². The number of hydrogen-bond donors (Lipinski definition) is 1. The van der Waals surface area contributed by atoms with E-state index in [9.17, 15) is 13.2 Å². The van der Waals surface area contributed by atoms with Crippen molar-refractivity contribution in [2.75, 3.05) is 0 Å². The quantitative estimate of drug-likeness (QED) is 0.818. The fourth-order valence-corrected chi connectivity index (χ4v) is 2.52. The Morgan fingerprint density at radius 2 is 1.71 bits per heavy atom. The highest BCUT2D eigenvalue weighted by molar-refractivity contribution is 6.31. The molecule has 0 aliphatic heterocycles. The largest absolute Gasteiger partial charge is 0.321 e. The van der Waals surface area contributed by atoms with Gasteiger partial charge in [-0.2, -0.15) is 0 Å². The van der Waals surface area contributed by atoms with Gasteiger partial charge in [-0.3, -0.25) is 0 Å². The molecular weight excluding hydrogens is 251 g/mol. The van der Waals surface area contributed by atoms with Crippen molar-refractivity contribution in [2.24, 2.45) is 5.73 Å². The van der Waals surface area contributed by atoms with Gasteiger partial charge in [-0.1, -0.05) is 11.6 Å². The molecule has 0 unspecified atom stereocenters. The third-order valence-electron chi connectivity index (χ3n) is 3.34. The summed E-state index contributed by atoms with van der Waals surface area (Å²) in [5.74, 6) is -3.12. The van der Waals surface area contributed by atoms with Crippen molar-refractivity contribution in [3.05, 3.63) is 34.6 Å². The van der Waals surface area contributed by atoms with Gasteiger partial charge in [-0.05, 0) is 36.6 Å². The summed E-state index contributed by atoms with van der Waals surface area (Å²) in [6.07, 6.45) is -0.334. The van der Waals surface area contributed by atoms with Crippen molar-refractivity contribution in [1.82, 2.24) is 0 Å². The maximum atomic E-state index is 13.2. The van der Waals surface area contributed by atoms with E-state index in [-0.39, 0.29) is 25.7 Å². The van der Waals surface area contributed by atoms with Crippen LogP contribution in [0.1, 0.15) is 31.2 Å². The normalized spacial score (nSPS) is 22.4. The predicted molar refractivity (Wildman–Crippen MR) is 60.7 cm³/mol. The van der Waals surface area contributed by atoms with Gasteiger partial charge in [-0.25, -0.2) is 13.2 Å². The first-order valence-electron chi connectivity index (χ1n) is 5.45. The first kappa shape index (κ1) is 12.7. The molecule has 1 nitrogen and oxygen atoms in total. The number of benzene rings is 1. The van der Waals surface area contributed by atoms with Gasteiger partial charge in [-0.15, -0.1) is 0 Å². The molecule has 0 atom stereocenters. The van der Waals surface area contributed by atoms with Gasteiger partial charge in [0.1, 0.15) is 5.82 Å². The zero-order chi connectivity index (χ0) is 12.7. The Bertz CT molecular complexity index is 424. The van der Waals surface area contributed by atoms with Crippen LogP contribution in [-0.2, 0) is 5.54 Å². The van der Waals surface area contributed by atoms with Crippen molar-refractivity contribution in [1.29, 1.82) is 0 Å². The maximum Gasteiger partial charge on any atom is 0.248 e. The molecule has 0 heterocycles. The summed E-state index contributed by atoms with van der Waals surface area (Å²) in [4.78, 5) is 0. The smallest absolute Gasteiger partial charge is 0.248 e. The van der Waals surface area contributed by atoms with E-state index in [2.05, 4.69) is 0 Å². The van der Waals surface area contributed by atoms with E-state index in [1.807, 2.05) is 0 Å². The molecule has 2 N–H and O–H groups in total. The van der Waals surface area contributed by atoms with E-state index in [1.54, 1.807) is 0 Å². The van der Waals surface area contributed by atoms with E-state index in [0.717, 1.165) is 0 Å². The molecule has 0 bridgehead atoms. The summed E-state index contributed by atoms with van der Waals surface area (Å²) >= 11 is 5.96. The van der Waals surface area contributed by atoms with E-state index in [4.69, 9.17) is 17.3 Å². The van der Waals surface area contributed by atoms with Crippen LogP contribution in [0.5, 0.6) is 0 Å². The highest BCUT2D eigenvalue weighted by Gasteiger charge is 2.42. The third kappa shape index (κ3) is 2.58. The van der Waals surface area contributed by atoms with Crippen LogP contribution in [0.25, 0.3) is 0 Å². The lowest BCUT2D eigenvalue weighted by molar-refractivity contribution is -0.0514. The van der Waals surface area contributed by atoms with Gasteiger partial charge >= 0.3 is 0 Å². The van der Waals surface area contributed by atoms with Gasteiger partial charge in [0.15, 0.2) is 0 Å². The molecule has 1 aliphatic rings. The number of alkyl halides is 2. The van der Waals surface area contributed by atoms with Crippen molar-refractivity contribution in [3.63, 3.8) is 0 Å². The molecule has 0 saturated heterocycles. The number of rotatable bonds is 1. The lowest BCUT2D eigenvalue weighted by atomic mass is 9.76. The Balaban J connectivity index is 2.30. The third-order valence-corrected chi connectivity index (χ3v) is 3.67. The Morgan fingerprint density at radius 3 is 2.29 bits per heavy atom. The molecule has 0 radical (unpaired) electrons. The fraction of sp³-hybridized carbons (Fsp3) is 0.500. The van der Waals surface area contributed by atoms with Crippen molar-refractivity contribution < 1.29 is 13.2 Å². The minimum atomic E-state index is -2.66. The summed E-state index contributed by atoms with van der Waals surface area (Å²) < 4.78 is 39.3. The second kappa shape index (κ2) is 4.18. The lowest BCUT2D eigenvalue weighted by Gasteiger charge is -2.37. The number of nitrogens with two attached hydrogens (primary N) is 1. The van der Waals surface area contributed by atoms with Crippen LogP contribution < -0.4 is 5.73 Å². The second-order valence-corrected chi connectivity index (χ2v) is 5.04. The Morgan fingerprint density at radius 1 is 1.12 bits per heavy atom. The molecule has 1 fully saturated rings. The second-order valence-electron chi connectivity index (χ2n) is 4.64. The fourth-order valence-electron chi connectivity index (χ4n) is 2.21. The maximum absolute atomic E-state index is 13.2. The van der Waals surface area contributed by atoms with Crippen LogP contribution in [-0.4, -0.2) is 5.92 Å². The molecular formula is C12H13ClF3N. The van der Waals surface area contributed by atoms with Crippen molar-refractivity contribution in [2.45, 2.75) is 37.1 Å². The standard InChI is InChI=1S/C12H13ClF3N/c13-10-2-1-8(14)7-9(10)11(17)3-5-12(15,16)6-4-11/h1-2,7H,3-6,17H2. The lowest BCUT2D eigenvalue weighted by Crippen LogP contribution is -2.43. The van der Waals surface area contributed by atoms with Gasteiger partial charge in [0.25, 0.3) is 0 Å². The first-order chi connectivity index (χ1) is 7.82. The Labute approximate surface area is 103 Å². The molecule has 1 aromatic rings. The monoisotopic (exact) mass is 263 g/mol. The predicted octanol–water partition coefficient (Wildman–Crippen LogP) is 3.84. The van der Waals surface area contributed by atoms with Gasteiger partial charge in [0, 0.05) is 23.4 Å². The average molecular weight is 264 g/mol. The van der Waals surface area contributed by atoms with Crippen LogP contribution in [0.2, 0.25) is 5.02 Å². The molecule has 1 saturated carbocycles. The molecule has 0 spiro atoms. The minimum absolute atomic E-state index is 0.114. The zero-order valence-electron chi connectivity index (χ0n) is 9.15. The molecule has 94 valence electrons. The van der Waals surface area contributed by atoms with E-state index in [0.29, 0.717) is 10.6 Å². The van der Waals surface area contributed by atoms with Crippen LogP contribution in [0.4, 0.5) is 13.2 Å². The van der Waals surface area contributed by atoms with E-state index < -0.39 is 17.3 Å². The van der Waals surface area contributed by atoms with Crippen molar-refractivity contribution >= 4 is 11.6 Å². The minimum Gasteiger partial charge on any atom is -0.321 e. The molecule has 0 aromatic heterocycles. The van der Waals surface area contributed by atoms with Crippen LogP contribution in [0.3, 0.4) is 0 Å². The molecule has 5 heteroatoms. The molecule has 1 aromatic carbocycles. The summed E-state index contributed by atoms with van der Waals surface area (Å²) in [6, 6.07) is 3.88. The van der Waals surface area contributed by atoms with Crippen LogP contribution in [0.15, 0.2) is 18.2 Å². The average Bonchev–Trinajstić information content (AvgIpc) is 2.26. The van der Waals surface area contributed by atoms with Crippen LogP contribution in [0, 0.1) is 5.82 Å². The topological polar surface area (TPSA) is 26.0 Å². The Hall–Kier alpha value is -0.740. The molecule has 17 heavy (non-hydrogen) atoms. The molecule has 2 rings (SSSR count). The number of hydrogen-bond acceptors (Lipinski definition) is 1. The van der Waals surface area contributed by atoms with Gasteiger partial charge in [0.05, 0.1) is 0 Å². The zero-order valence-corrected chi connectivity index (χ0v) is 9.91. The summed E-state index contributed by atoms with van der Waals surface area (Å²) in [7, 11) is 0. The van der Waals surface area contributed by atoms with E-state index >= 15 is 0 Å². The number of halogens is 4. The summed E-state index contributed by atoms with van der Waals surface area (Å²) in [5, 5.41) is 0.333. The summed E-state index contributed by atoms with van der Waals surface area (Å²) in [5.41, 5.74) is 5.57. The highest BCUT2D eigenvalue weighted by Crippen LogP contribution is 2.44. The molecule has 1 aliphatic carbocycles. The Kier molecular flexibility index (Phi) is 3.12. The highest BCUT2D eigenvalue weighted by atomic mass is 35.5. The first-order valence-corrected chi connectivity index (χ1v) is 5.82. The van der Waals surface area contributed by atoms with Gasteiger partial charge < -0.3 is 5.73 Å². The summed E-state index contributed by atoms with van der Waals surface area (Å²) in [6.45, 7) is 0. The SMILES string of the molecule is NC1(c2cc(F)ccc2Cl)CCC(F)(F)CC1.